The van der Waals surface area contributed by atoms with Gasteiger partial charge in [-0.2, -0.15) is 11.8 Å². The predicted octanol–water partition coefficient (Wildman–Crippen LogP) is 2.33. The van der Waals surface area contributed by atoms with Crippen LogP contribution >= 0.6 is 11.8 Å². The summed E-state index contributed by atoms with van der Waals surface area (Å²) in [7, 11) is 1.69. The summed E-state index contributed by atoms with van der Waals surface area (Å²) in [5.74, 6) is 1.96. The van der Waals surface area contributed by atoms with Crippen molar-refractivity contribution in [2.24, 2.45) is 5.73 Å². The van der Waals surface area contributed by atoms with Gasteiger partial charge in [-0.1, -0.05) is 13.0 Å². The Morgan fingerprint density at radius 3 is 3.00 bits per heavy atom. The second-order valence-corrected chi connectivity index (χ2v) is 4.97. The molecule has 2 atom stereocenters. The number of fused-ring (bicyclic) bond motifs is 1. The minimum atomic E-state index is 0.138. The van der Waals surface area contributed by atoms with E-state index >= 15 is 0 Å². The molecule has 0 amide bonds. The molecule has 2 rings (SSSR count). The molecule has 1 aromatic carbocycles. The van der Waals surface area contributed by atoms with Crippen LogP contribution in [-0.2, 0) is 5.75 Å². The molecule has 3 heteroatoms. The fourth-order valence-corrected chi connectivity index (χ4v) is 2.78. The minimum absolute atomic E-state index is 0.138. The Labute approximate surface area is 88.8 Å². The van der Waals surface area contributed by atoms with Gasteiger partial charge in [-0.15, -0.1) is 0 Å². The smallest absolute Gasteiger partial charge is 0.119 e. The van der Waals surface area contributed by atoms with Crippen LogP contribution in [0.5, 0.6) is 5.75 Å². The van der Waals surface area contributed by atoms with Crippen LogP contribution in [0.15, 0.2) is 18.2 Å². The van der Waals surface area contributed by atoms with E-state index in [1.54, 1.807) is 7.11 Å². The zero-order chi connectivity index (χ0) is 10.1. The van der Waals surface area contributed by atoms with Gasteiger partial charge in [0, 0.05) is 17.0 Å². The van der Waals surface area contributed by atoms with E-state index < -0.39 is 0 Å². The van der Waals surface area contributed by atoms with Crippen LogP contribution < -0.4 is 10.5 Å². The first kappa shape index (κ1) is 9.87. The highest BCUT2D eigenvalue weighted by Gasteiger charge is 2.23. The average Bonchev–Trinajstić information content (AvgIpc) is 2.23. The molecule has 14 heavy (non-hydrogen) atoms. The van der Waals surface area contributed by atoms with Gasteiger partial charge >= 0.3 is 0 Å². The summed E-state index contributed by atoms with van der Waals surface area (Å²) >= 11 is 1.92. The Hall–Kier alpha value is -0.670. The minimum Gasteiger partial charge on any atom is -0.497 e. The highest BCUT2D eigenvalue weighted by Crippen LogP contribution is 2.37. The molecule has 2 N–H and O–H groups in total. The third kappa shape index (κ3) is 1.62. The van der Waals surface area contributed by atoms with E-state index in [4.69, 9.17) is 10.5 Å². The van der Waals surface area contributed by atoms with Crippen molar-refractivity contribution in [2.45, 2.75) is 24.0 Å². The zero-order valence-corrected chi connectivity index (χ0v) is 9.30. The van der Waals surface area contributed by atoms with Crippen LogP contribution in [0.2, 0.25) is 0 Å². The number of hydrogen-bond acceptors (Lipinski definition) is 3. The normalized spacial score (nSPS) is 25.6. The third-order valence-electron chi connectivity index (χ3n) is 2.72. The van der Waals surface area contributed by atoms with Gasteiger partial charge in [-0.3, -0.25) is 0 Å². The second kappa shape index (κ2) is 3.83. The van der Waals surface area contributed by atoms with Crippen molar-refractivity contribution in [3.8, 4) is 5.75 Å². The molecule has 0 aromatic heterocycles. The second-order valence-electron chi connectivity index (χ2n) is 3.61. The van der Waals surface area contributed by atoms with E-state index in [0.29, 0.717) is 5.25 Å². The Kier molecular flexibility index (Phi) is 2.70. The summed E-state index contributed by atoms with van der Waals surface area (Å²) < 4.78 is 5.20. The summed E-state index contributed by atoms with van der Waals surface area (Å²) in [4.78, 5) is 0. The molecule has 1 heterocycles. The lowest BCUT2D eigenvalue weighted by molar-refractivity contribution is 0.413. The highest BCUT2D eigenvalue weighted by atomic mass is 32.2. The van der Waals surface area contributed by atoms with Crippen LogP contribution in [0.1, 0.15) is 24.1 Å². The Balaban J connectivity index is 2.41. The first-order chi connectivity index (χ1) is 6.72. The van der Waals surface area contributed by atoms with E-state index in [1.807, 2.05) is 17.8 Å². The average molecular weight is 209 g/mol. The number of ether oxygens (including phenoxy) is 1. The topological polar surface area (TPSA) is 35.2 Å². The SMILES string of the molecule is COc1ccc2c(c1)C(N)C(C)SC2. The third-order valence-corrected chi connectivity index (χ3v) is 4.02. The van der Waals surface area contributed by atoms with Gasteiger partial charge < -0.3 is 10.5 Å². The van der Waals surface area contributed by atoms with Crippen molar-refractivity contribution in [3.05, 3.63) is 29.3 Å². The monoisotopic (exact) mass is 209 g/mol. The molecule has 0 saturated carbocycles. The molecule has 0 bridgehead atoms. The lowest BCUT2D eigenvalue weighted by Crippen LogP contribution is -2.25. The van der Waals surface area contributed by atoms with E-state index in [1.165, 1.54) is 11.1 Å². The molecule has 2 nitrogen and oxygen atoms in total. The summed E-state index contributed by atoms with van der Waals surface area (Å²) in [6.45, 7) is 2.18. The van der Waals surface area contributed by atoms with Crippen LogP contribution in [-0.4, -0.2) is 12.4 Å². The number of nitrogens with two attached hydrogens (primary N) is 1. The van der Waals surface area contributed by atoms with Gasteiger partial charge in [0.2, 0.25) is 0 Å². The summed E-state index contributed by atoms with van der Waals surface area (Å²) in [5, 5.41) is 0.495. The zero-order valence-electron chi connectivity index (χ0n) is 8.49. The summed E-state index contributed by atoms with van der Waals surface area (Å²) in [5.41, 5.74) is 8.73. The number of benzene rings is 1. The molecule has 1 aliphatic rings. The predicted molar refractivity (Wildman–Crippen MR) is 60.7 cm³/mol. The van der Waals surface area contributed by atoms with Gasteiger partial charge in [0.1, 0.15) is 5.75 Å². The van der Waals surface area contributed by atoms with Crippen molar-refractivity contribution in [1.29, 1.82) is 0 Å². The number of rotatable bonds is 1. The maximum atomic E-state index is 6.14. The molecule has 0 radical (unpaired) electrons. The lowest BCUT2D eigenvalue weighted by atomic mass is 9.99. The highest BCUT2D eigenvalue weighted by molar-refractivity contribution is 7.99. The van der Waals surface area contributed by atoms with Crippen molar-refractivity contribution < 1.29 is 4.74 Å². The molecular weight excluding hydrogens is 194 g/mol. The van der Waals surface area contributed by atoms with E-state index in [-0.39, 0.29) is 6.04 Å². The van der Waals surface area contributed by atoms with Crippen LogP contribution in [0.25, 0.3) is 0 Å². The van der Waals surface area contributed by atoms with Gasteiger partial charge in [0.15, 0.2) is 0 Å². The first-order valence-corrected chi connectivity index (χ1v) is 5.81. The number of methoxy groups -OCH3 is 1. The Bertz CT molecular complexity index is 340. The van der Waals surface area contributed by atoms with Gasteiger partial charge in [0.05, 0.1) is 7.11 Å². The van der Waals surface area contributed by atoms with Crippen LogP contribution in [0.4, 0.5) is 0 Å². The number of hydrogen-bond donors (Lipinski definition) is 1. The molecule has 0 aliphatic carbocycles. The van der Waals surface area contributed by atoms with Gasteiger partial charge in [0.25, 0.3) is 0 Å². The molecule has 0 saturated heterocycles. The Morgan fingerprint density at radius 1 is 1.50 bits per heavy atom. The first-order valence-electron chi connectivity index (χ1n) is 4.76. The largest absolute Gasteiger partial charge is 0.497 e. The maximum absolute atomic E-state index is 6.14. The standard InChI is InChI=1S/C11H15NOS/c1-7-11(12)10-5-9(13-2)4-3-8(10)6-14-7/h3-5,7,11H,6,12H2,1-2H3. The molecule has 2 unspecified atom stereocenters. The number of thioether (sulfide) groups is 1. The Morgan fingerprint density at radius 2 is 2.29 bits per heavy atom. The van der Waals surface area contributed by atoms with E-state index in [0.717, 1.165) is 11.5 Å². The molecule has 0 fully saturated rings. The molecular formula is C11H15NOS. The van der Waals surface area contributed by atoms with Crippen molar-refractivity contribution in [1.82, 2.24) is 0 Å². The van der Waals surface area contributed by atoms with Crippen LogP contribution in [0, 0.1) is 0 Å². The van der Waals surface area contributed by atoms with Crippen molar-refractivity contribution >= 4 is 11.8 Å². The maximum Gasteiger partial charge on any atom is 0.119 e. The fraction of sp³-hybridized carbons (Fsp3) is 0.455. The lowest BCUT2D eigenvalue weighted by Gasteiger charge is -2.28. The van der Waals surface area contributed by atoms with Gasteiger partial charge in [-0.25, -0.2) is 0 Å². The van der Waals surface area contributed by atoms with Crippen LogP contribution in [0.3, 0.4) is 0 Å². The quantitative estimate of drug-likeness (QED) is 0.771. The fourth-order valence-electron chi connectivity index (χ4n) is 1.72. The van der Waals surface area contributed by atoms with Gasteiger partial charge in [-0.05, 0) is 23.3 Å². The molecule has 1 aliphatic heterocycles. The summed E-state index contributed by atoms with van der Waals surface area (Å²) in [6.07, 6.45) is 0. The summed E-state index contributed by atoms with van der Waals surface area (Å²) in [6, 6.07) is 6.32. The molecule has 0 spiro atoms. The van der Waals surface area contributed by atoms with Crippen molar-refractivity contribution in [2.75, 3.05) is 7.11 Å². The van der Waals surface area contributed by atoms with Crippen molar-refractivity contribution in [3.63, 3.8) is 0 Å². The molecule has 76 valence electrons. The molecule has 1 aromatic rings. The van der Waals surface area contributed by atoms with E-state index in [2.05, 4.69) is 19.1 Å². The van der Waals surface area contributed by atoms with E-state index in [9.17, 15) is 0 Å².